The van der Waals surface area contributed by atoms with Crippen molar-refractivity contribution in [2.24, 2.45) is 5.92 Å². The van der Waals surface area contributed by atoms with E-state index in [1.165, 1.54) is 18.2 Å². The zero-order chi connectivity index (χ0) is 13.0. The van der Waals surface area contributed by atoms with E-state index < -0.39 is 11.0 Å². The fourth-order valence-corrected chi connectivity index (χ4v) is 1.45. The van der Waals surface area contributed by atoms with E-state index in [9.17, 15) is 15.2 Å². The lowest BCUT2D eigenvalue weighted by molar-refractivity contribution is -0.384. The van der Waals surface area contributed by atoms with Gasteiger partial charge in [0.15, 0.2) is 0 Å². The highest BCUT2D eigenvalue weighted by molar-refractivity contribution is 6.33. The number of non-ortho nitro benzene ring substituents is 1. The molecule has 0 aliphatic rings. The second kappa shape index (κ2) is 5.84. The van der Waals surface area contributed by atoms with Crippen molar-refractivity contribution in [3.8, 4) is 0 Å². The van der Waals surface area contributed by atoms with Crippen LogP contribution in [0.4, 0.5) is 11.4 Å². The van der Waals surface area contributed by atoms with Crippen molar-refractivity contribution >= 4 is 23.0 Å². The molecule has 0 saturated heterocycles. The van der Waals surface area contributed by atoms with Gasteiger partial charge in [0, 0.05) is 18.7 Å². The fourth-order valence-electron chi connectivity index (χ4n) is 1.21. The molecular weight excluding hydrogens is 244 g/mol. The number of anilines is 1. The molecule has 94 valence electrons. The molecule has 1 unspecified atom stereocenters. The SMILES string of the molecule is CC(C)C(O)CNc1ccc([N+](=O)[O-])cc1Cl. The molecule has 17 heavy (non-hydrogen) atoms. The van der Waals surface area contributed by atoms with Gasteiger partial charge in [-0.25, -0.2) is 0 Å². The summed E-state index contributed by atoms with van der Waals surface area (Å²) < 4.78 is 0. The third kappa shape index (κ3) is 3.87. The number of benzene rings is 1. The van der Waals surface area contributed by atoms with E-state index in [1.54, 1.807) is 0 Å². The Hall–Kier alpha value is -1.33. The minimum atomic E-state index is -0.501. The summed E-state index contributed by atoms with van der Waals surface area (Å²) in [4.78, 5) is 10.0. The Morgan fingerprint density at radius 2 is 2.18 bits per heavy atom. The van der Waals surface area contributed by atoms with Crippen molar-refractivity contribution in [2.45, 2.75) is 20.0 Å². The Kier molecular flexibility index (Phi) is 4.72. The fraction of sp³-hybridized carbons (Fsp3) is 0.455. The molecule has 0 aliphatic carbocycles. The van der Waals surface area contributed by atoms with Crippen molar-refractivity contribution in [3.05, 3.63) is 33.3 Å². The molecule has 0 radical (unpaired) electrons. The van der Waals surface area contributed by atoms with Crippen LogP contribution in [-0.2, 0) is 0 Å². The Labute approximate surface area is 105 Å². The lowest BCUT2D eigenvalue weighted by atomic mass is 10.1. The van der Waals surface area contributed by atoms with Gasteiger partial charge in [-0.05, 0) is 12.0 Å². The summed E-state index contributed by atoms with van der Waals surface area (Å²) in [7, 11) is 0. The molecule has 1 atom stereocenters. The monoisotopic (exact) mass is 258 g/mol. The predicted molar refractivity (Wildman–Crippen MR) is 67.4 cm³/mol. The van der Waals surface area contributed by atoms with Crippen molar-refractivity contribution in [1.29, 1.82) is 0 Å². The minimum Gasteiger partial charge on any atom is -0.391 e. The Balaban J connectivity index is 2.70. The zero-order valence-electron chi connectivity index (χ0n) is 9.68. The van der Waals surface area contributed by atoms with E-state index in [0.29, 0.717) is 12.2 Å². The van der Waals surface area contributed by atoms with Gasteiger partial charge in [0.05, 0.1) is 21.7 Å². The molecule has 1 aromatic rings. The van der Waals surface area contributed by atoms with Gasteiger partial charge < -0.3 is 10.4 Å². The Morgan fingerprint density at radius 3 is 2.65 bits per heavy atom. The van der Waals surface area contributed by atoms with Crippen LogP contribution in [0.2, 0.25) is 5.02 Å². The third-order valence-electron chi connectivity index (χ3n) is 2.43. The molecule has 1 aromatic carbocycles. The largest absolute Gasteiger partial charge is 0.391 e. The smallest absolute Gasteiger partial charge is 0.271 e. The van der Waals surface area contributed by atoms with Crippen molar-refractivity contribution in [2.75, 3.05) is 11.9 Å². The maximum Gasteiger partial charge on any atom is 0.271 e. The first kappa shape index (κ1) is 13.7. The highest BCUT2D eigenvalue weighted by atomic mass is 35.5. The second-order valence-electron chi connectivity index (χ2n) is 4.11. The van der Waals surface area contributed by atoms with E-state index in [-0.39, 0.29) is 16.6 Å². The average Bonchev–Trinajstić information content (AvgIpc) is 2.26. The quantitative estimate of drug-likeness (QED) is 0.629. The number of hydrogen-bond donors (Lipinski definition) is 2. The standard InChI is InChI=1S/C11H15ClN2O3/c1-7(2)11(15)6-13-10-4-3-8(14(16)17)5-9(10)12/h3-5,7,11,13,15H,6H2,1-2H3. The summed E-state index contributed by atoms with van der Waals surface area (Å²) in [6.45, 7) is 4.17. The van der Waals surface area contributed by atoms with Crippen molar-refractivity contribution in [3.63, 3.8) is 0 Å². The molecule has 0 amide bonds. The minimum absolute atomic E-state index is 0.0510. The molecule has 0 aromatic heterocycles. The lowest BCUT2D eigenvalue weighted by Crippen LogP contribution is -2.24. The van der Waals surface area contributed by atoms with E-state index in [2.05, 4.69) is 5.32 Å². The van der Waals surface area contributed by atoms with Crippen LogP contribution >= 0.6 is 11.6 Å². The summed E-state index contributed by atoms with van der Waals surface area (Å²) in [5.41, 5.74) is 0.530. The topological polar surface area (TPSA) is 75.4 Å². The summed E-state index contributed by atoms with van der Waals surface area (Å²) in [5, 5.41) is 23.3. The van der Waals surface area contributed by atoms with Gasteiger partial charge >= 0.3 is 0 Å². The molecule has 0 fully saturated rings. The molecular formula is C11H15ClN2O3. The zero-order valence-corrected chi connectivity index (χ0v) is 10.4. The number of aliphatic hydroxyl groups excluding tert-OH is 1. The number of halogens is 1. The number of hydrogen-bond acceptors (Lipinski definition) is 4. The van der Waals surface area contributed by atoms with Crippen LogP contribution in [0.15, 0.2) is 18.2 Å². The normalized spacial score (nSPS) is 12.5. The number of nitrogens with one attached hydrogen (secondary N) is 1. The second-order valence-corrected chi connectivity index (χ2v) is 4.52. The van der Waals surface area contributed by atoms with E-state index >= 15 is 0 Å². The average molecular weight is 259 g/mol. The van der Waals surface area contributed by atoms with Gasteiger partial charge in [0.25, 0.3) is 5.69 Å². The first-order chi connectivity index (χ1) is 7.91. The number of nitro groups is 1. The molecule has 5 nitrogen and oxygen atoms in total. The van der Waals surface area contributed by atoms with Crippen molar-refractivity contribution in [1.82, 2.24) is 0 Å². The number of nitrogens with zero attached hydrogens (tertiary/aromatic N) is 1. The van der Waals surface area contributed by atoms with Gasteiger partial charge in [-0.1, -0.05) is 25.4 Å². The highest BCUT2D eigenvalue weighted by Gasteiger charge is 2.12. The predicted octanol–water partition coefficient (Wildman–Crippen LogP) is 2.68. The van der Waals surface area contributed by atoms with Gasteiger partial charge in [0.1, 0.15) is 0 Å². The first-order valence-electron chi connectivity index (χ1n) is 5.27. The Morgan fingerprint density at radius 1 is 1.53 bits per heavy atom. The van der Waals surface area contributed by atoms with E-state index in [1.807, 2.05) is 13.8 Å². The number of nitro benzene ring substituents is 1. The van der Waals surface area contributed by atoms with Crippen LogP contribution in [0.5, 0.6) is 0 Å². The van der Waals surface area contributed by atoms with Crippen LogP contribution < -0.4 is 5.32 Å². The van der Waals surface area contributed by atoms with Crippen LogP contribution in [0.1, 0.15) is 13.8 Å². The highest BCUT2D eigenvalue weighted by Crippen LogP contribution is 2.26. The number of aliphatic hydroxyl groups is 1. The first-order valence-corrected chi connectivity index (χ1v) is 5.65. The van der Waals surface area contributed by atoms with Gasteiger partial charge in [-0.15, -0.1) is 0 Å². The van der Waals surface area contributed by atoms with Gasteiger partial charge in [-0.2, -0.15) is 0 Å². The molecule has 0 bridgehead atoms. The van der Waals surface area contributed by atoms with Gasteiger partial charge in [0.2, 0.25) is 0 Å². The molecule has 1 rings (SSSR count). The van der Waals surface area contributed by atoms with Crippen LogP contribution in [0, 0.1) is 16.0 Å². The van der Waals surface area contributed by atoms with Crippen LogP contribution in [-0.4, -0.2) is 22.7 Å². The molecule has 2 N–H and O–H groups in total. The Bertz CT molecular complexity index is 410. The molecule has 6 heteroatoms. The van der Waals surface area contributed by atoms with Crippen LogP contribution in [0.25, 0.3) is 0 Å². The molecule has 0 heterocycles. The molecule has 0 spiro atoms. The number of rotatable bonds is 5. The maximum absolute atomic E-state index is 10.5. The maximum atomic E-state index is 10.5. The van der Waals surface area contributed by atoms with E-state index in [4.69, 9.17) is 11.6 Å². The van der Waals surface area contributed by atoms with Crippen LogP contribution in [0.3, 0.4) is 0 Å². The third-order valence-corrected chi connectivity index (χ3v) is 2.75. The molecule has 0 aliphatic heterocycles. The summed E-state index contributed by atoms with van der Waals surface area (Å²) in [5.74, 6) is 0.138. The lowest BCUT2D eigenvalue weighted by Gasteiger charge is -2.16. The van der Waals surface area contributed by atoms with Gasteiger partial charge in [-0.3, -0.25) is 10.1 Å². The summed E-state index contributed by atoms with van der Waals surface area (Å²) >= 11 is 5.89. The molecule has 0 saturated carbocycles. The summed E-state index contributed by atoms with van der Waals surface area (Å²) in [6, 6.07) is 4.19. The summed E-state index contributed by atoms with van der Waals surface area (Å²) in [6.07, 6.45) is -0.485. The van der Waals surface area contributed by atoms with Crippen molar-refractivity contribution < 1.29 is 10.0 Å². The van der Waals surface area contributed by atoms with E-state index in [0.717, 1.165) is 0 Å².